The topological polar surface area (TPSA) is 47.3 Å². The van der Waals surface area contributed by atoms with E-state index in [0.717, 1.165) is 11.3 Å². The Morgan fingerprint density at radius 3 is 2.42 bits per heavy atom. The van der Waals surface area contributed by atoms with Crippen LogP contribution in [-0.4, -0.2) is 7.11 Å². The van der Waals surface area contributed by atoms with E-state index in [2.05, 4.69) is 5.32 Å². The molecule has 0 aliphatic carbocycles. The monoisotopic (exact) mass is 296 g/mol. The Morgan fingerprint density at radius 1 is 1.16 bits per heavy atom. The number of methoxy groups -OCH3 is 1. The highest BCUT2D eigenvalue weighted by Gasteiger charge is 2.09. The molecular weight excluding hydrogens is 283 g/mol. The van der Waals surface area contributed by atoms with Crippen molar-refractivity contribution < 1.29 is 4.74 Å². The minimum Gasteiger partial charge on any atom is -0.399 e. The van der Waals surface area contributed by atoms with Crippen LogP contribution in [0.25, 0.3) is 0 Å². The molecule has 5 heteroatoms. The summed E-state index contributed by atoms with van der Waals surface area (Å²) in [6.07, 6.45) is 0. The van der Waals surface area contributed by atoms with Gasteiger partial charge in [-0.3, -0.25) is 0 Å². The third-order valence-corrected chi connectivity index (χ3v) is 3.24. The van der Waals surface area contributed by atoms with Crippen molar-refractivity contribution in [1.29, 1.82) is 0 Å². The van der Waals surface area contributed by atoms with Crippen LogP contribution >= 0.6 is 23.2 Å². The number of halogens is 2. The first-order valence-electron chi connectivity index (χ1n) is 5.70. The molecule has 0 spiro atoms. The lowest BCUT2D eigenvalue weighted by atomic mass is 10.1. The Hall–Kier alpha value is -1.42. The molecule has 2 rings (SSSR count). The Kier molecular flexibility index (Phi) is 4.53. The fraction of sp³-hybridized carbons (Fsp3) is 0.143. The smallest absolute Gasteiger partial charge is 0.0764 e. The summed E-state index contributed by atoms with van der Waals surface area (Å²) < 4.78 is 5.16. The van der Waals surface area contributed by atoms with E-state index in [1.165, 1.54) is 0 Å². The molecule has 0 saturated carbocycles. The van der Waals surface area contributed by atoms with E-state index in [9.17, 15) is 0 Å². The second-order valence-electron chi connectivity index (χ2n) is 4.07. The van der Waals surface area contributed by atoms with Crippen LogP contribution in [0, 0.1) is 0 Å². The van der Waals surface area contributed by atoms with Crippen molar-refractivity contribution in [2.75, 3.05) is 18.2 Å². The summed E-state index contributed by atoms with van der Waals surface area (Å²) in [5.41, 5.74) is 8.78. The van der Waals surface area contributed by atoms with Gasteiger partial charge in [0.2, 0.25) is 0 Å². The summed E-state index contributed by atoms with van der Waals surface area (Å²) in [6, 6.07) is 11.1. The maximum atomic E-state index is 6.16. The average Bonchev–Trinajstić information content (AvgIpc) is 2.36. The normalized spacial score (nSPS) is 10.5. The summed E-state index contributed by atoms with van der Waals surface area (Å²) >= 11 is 12.3. The number of nitrogens with one attached hydrogen (secondary N) is 1. The molecule has 3 nitrogen and oxygen atoms in total. The minimum absolute atomic E-state index is 0.484. The lowest BCUT2D eigenvalue weighted by Crippen LogP contribution is -1.99. The first kappa shape index (κ1) is 14.0. The highest BCUT2D eigenvalue weighted by atomic mass is 35.5. The molecule has 0 bridgehead atoms. The number of benzene rings is 2. The summed E-state index contributed by atoms with van der Waals surface area (Å²) in [7, 11) is 1.65. The maximum Gasteiger partial charge on any atom is 0.0764 e. The van der Waals surface area contributed by atoms with E-state index in [1.54, 1.807) is 19.2 Å². The zero-order valence-electron chi connectivity index (χ0n) is 10.4. The van der Waals surface area contributed by atoms with Gasteiger partial charge < -0.3 is 15.8 Å². The van der Waals surface area contributed by atoms with E-state index >= 15 is 0 Å². The molecule has 2 aromatic rings. The Morgan fingerprint density at radius 2 is 1.79 bits per heavy atom. The van der Waals surface area contributed by atoms with Gasteiger partial charge in [-0.15, -0.1) is 0 Å². The van der Waals surface area contributed by atoms with E-state index in [-0.39, 0.29) is 0 Å². The molecule has 0 aliphatic rings. The van der Waals surface area contributed by atoms with Crippen molar-refractivity contribution in [2.24, 2.45) is 0 Å². The summed E-state index contributed by atoms with van der Waals surface area (Å²) in [4.78, 5) is 0. The largest absolute Gasteiger partial charge is 0.399 e. The van der Waals surface area contributed by atoms with Crippen molar-refractivity contribution in [1.82, 2.24) is 0 Å². The molecule has 0 amide bonds. The van der Waals surface area contributed by atoms with Gasteiger partial charge in [-0.1, -0.05) is 41.4 Å². The Balaban J connectivity index is 2.36. The molecule has 0 aromatic heterocycles. The number of anilines is 3. The van der Waals surface area contributed by atoms with Gasteiger partial charge >= 0.3 is 0 Å². The first-order chi connectivity index (χ1) is 9.11. The van der Waals surface area contributed by atoms with Crippen molar-refractivity contribution >= 4 is 40.3 Å². The number of ether oxygens (including phenoxy) is 1. The summed E-state index contributed by atoms with van der Waals surface area (Å²) in [5.74, 6) is 0. The van der Waals surface area contributed by atoms with Gasteiger partial charge in [0, 0.05) is 24.0 Å². The van der Waals surface area contributed by atoms with Gasteiger partial charge in [0.15, 0.2) is 0 Å². The first-order valence-corrected chi connectivity index (χ1v) is 6.46. The molecule has 3 N–H and O–H groups in total. The van der Waals surface area contributed by atoms with Crippen LogP contribution in [0.3, 0.4) is 0 Å². The predicted molar refractivity (Wildman–Crippen MR) is 81.3 cm³/mol. The number of hydrogen-bond donors (Lipinski definition) is 2. The lowest BCUT2D eigenvalue weighted by Gasteiger charge is -2.14. The Bertz CT molecular complexity index is 564. The van der Waals surface area contributed by atoms with Crippen molar-refractivity contribution in [3.63, 3.8) is 0 Å². The number of rotatable bonds is 4. The third kappa shape index (κ3) is 3.32. The number of nitrogen functional groups attached to an aromatic ring is 1. The van der Waals surface area contributed by atoms with Crippen LogP contribution in [0.4, 0.5) is 17.1 Å². The molecule has 0 radical (unpaired) electrons. The highest BCUT2D eigenvalue weighted by Crippen LogP contribution is 2.35. The Labute approximate surface area is 122 Å². The highest BCUT2D eigenvalue weighted by molar-refractivity contribution is 6.39. The van der Waals surface area contributed by atoms with Crippen LogP contribution in [0.15, 0.2) is 36.4 Å². The van der Waals surface area contributed by atoms with E-state index in [1.807, 2.05) is 24.3 Å². The fourth-order valence-electron chi connectivity index (χ4n) is 1.77. The maximum absolute atomic E-state index is 6.16. The van der Waals surface area contributed by atoms with Crippen molar-refractivity contribution in [2.45, 2.75) is 6.61 Å². The van der Waals surface area contributed by atoms with Gasteiger partial charge in [0.05, 0.1) is 22.3 Å². The standard InChI is InChI=1S/C14H14Cl2N2O/c1-19-8-9-4-2-3-5-13(9)18-14-11(15)6-10(17)7-12(14)16/h2-7,18H,8,17H2,1H3. The average molecular weight is 297 g/mol. The van der Waals surface area contributed by atoms with Gasteiger partial charge in [-0.05, 0) is 18.2 Å². The van der Waals surface area contributed by atoms with Crippen LogP contribution < -0.4 is 11.1 Å². The molecular formula is C14H14Cl2N2O. The van der Waals surface area contributed by atoms with Gasteiger partial charge in [-0.2, -0.15) is 0 Å². The fourth-order valence-corrected chi connectivity index (χ4v) is 2.37. The van der Waals surface area contributed by atoms with E-state index in [4.69, 9.17) is 33.7 Å². The summed E-state index contributed by atoms with van der Waals surface area (Å²) in [6.45, 7) is 0.507. The van der Waals surface area contributed by atoms with Crippen LogP contribution in [0.5, 0.6) is 0 Å². The molecule has 0 atom stereocenters. The quantitative estimate of drug-likeness (QED) is 0.819. The molecule has 0 heterocycles. The van der Waals surface area contributed by atoms with Crippen molar-refractivity contribution in [3.05, 3.63) is 52.0 Å². The second kappa shape index (κ2) is 6.15. The van der Waals surface area contributed by atoms with Crippen LogP contribution in [0.2, 0.25) is 10.0 Å². The van der Waals surface area contributed by atoms with Crippen molar-refractivity contribution in [3.8, 4) is 0 Å². The molecule has 2 aromatic carbocycles. The second-order valence-corrected chi connectivity index (χ2v) is 4.89. The van der Waals surface area contributed by atoms with Gasteiger partial charge in [0.25, 0.3) is 0 Å². The number of para-hydroxylation sites is 1. The zero-order valence-corrected chi connectivity index (χ0v) is 11.9. The van der Waals surface area contributed by atoms with Crippen LogP contribution in [0.1, 0.15) is 5.56 Å². The van der Waals surface area contributed by atoms with E-state index < -0.39 is 0 Å². The molecule has 0 unspecified atom stereocenters. The minimum atomic E-state index is 0.484. The predicted octanol–water partition coefficient (Wildman–Crippen LogP) is 4.47. The molecule has 0 aliphatic heterocycles. The molecule has 0 saturated heterocycles. The molecule has 0 fully saturated rings. The van der Waals surface area contributed by atoms with E-state index in [0.29, 0.717) is 28.0 Å². The SMILES string of the molecule is COCc1ccccc1Nc1c(Cl)cc(N)cc1Cl. The number of nitrogens with two attached hydrogens (primary N) is 1. The lowest BCUT2D eigenvalue weighted by molar-refractivity contribution is 0.185. The zero-order chi connectivity index (χ0) is 13.8. The van der Waals surface area contributed by atoms with Gasteiger partial charge in [0.1, 0.15) is 0 Å². The molecule has 19 heavy (non-hydrogen) atoms. The number of hydrogen-bond acceptors (Lipinski definition) is 3. The summed E-state index contributed by atoms with van der Waals surface area (Å²) in [5, 5.41) is 4.19. The third-order valence-electron chi connectivity index (χ3n) is 2.64. The van der Waals surface area contributed by atoms with Crippen LogP contribution in [-0.2, 0) is 11.3 Å². The molecule has 100 valence electrons. The van der Waals surface area contributed by atoms with Gasteiger partial charge in [-0.25, -0.2) is 0 Å².